The van der Waals surface area contributed by atoms with Gasteiger partial charge in [-0.05, 0) is 73.2 Å². The fourth-order valence-electron chi connectivity index (χ4n) is 6.17. The van der Waals surface area contributed by atoms with Gasteiger partial charge in [-0.25, -0.2) is 25.3 Å². The van der Waals surface area contributed by atoms with Crippen LogP contribution in [0.5, 0.6) is 5.75 Å². The minimum absolute atomic E-state index is 0.211. The molecule has 17 nitrogen and oxygen atoms in total. The predicted molar refractivity (Wildman–Crippen MR) is 210 cm³/mol. The van der Waals surface area contributed by atoms with Crippen molar-refractivity contribution in [3.63, 3.8) is 0 Å². The number of rotatable bonds is 10. The largest absolute Gasteiger partial charge is 0.744 e. The molecule has 0 saturated heterocycles. The standard InChI is InChI=1S/C38H29N7O10S3/c1-21-16-30(39)36(55-2)20-35(21)45-44-34-15-14-33(26-11-10-23(19-28(26)34)56(46,47)48)43-42-32-13-12-31(24-6-3-4-7-25(24)32)41-40-22-17-29-27(38(18-22)58(52,53)54)8-5-9-37(29)57(49,50)51/h3-20H,39H2,1-2H3,(H,46,47,48)(H,49,50,51)(H,52,53,54)/p-3. The van der Waals surface area contributed by atoms with Crippen molar-refractivity contribution in [2.75, 3.05) is 12.8 Å². The molecule has 7 aromatic carbocycles. The lowest BCUT2D eigenvalue weighted by Crippen LogP contribution is -2.03. The number of methoxy groups -OCH3 is 1. The molecule has 0 aliphatic carbocycles. The fourth-order valence-corrected chi connectivity index (χ4v) is 8.06. The quantitative estimate of drug-likeness (QED) is 0.0770. The zero-order chi connectivity index (χ0) is 41.6. The van der Waals surface area contributed by atoms with Crippen molar-refractivity contribution in [1.82, 2.24) is 0 Å². The van der Waals surface area contributed by atoms with Gasteiger partial charge < -0.3 is 24.1 Å². The van der Waals surface area contributed by atoms with Gasteiger partial charge in [0.1, 0.15) is 36.1 Å². The molecule has 0 aromatic heterocycles. The lowest BCUT2D eigenvalue weighted by Gasteiger charge is -2.15. The van der Waals surface area contributed by atoms with Crippen LogP contribution in [0.1, 0.15) is 5.56 Å². The molecule has 0 aliphatic heterocycles. The molecule has 0 bridgehead atoms. The van der Waals surface area contributed by atoms with E-state index in [0.717, 1.165) is 30.3 Å². The van der Waals surface area contributed by atoms with Crippen LogP contribution < -0.4 is 10.5 Å². The van der Waals surface area contributed by atoms with Crippen molar-refractivity contribution in [3.8, 4) is 5.75 Å². The van der Waals surface area contributed by atoms with Gasteiger partial charge in [0.25, 0.3) is 0 Å². The Morgan fingerprint density at radius 3 is 1.55 bits per heavy atom. The Hall–Kier alpha value is -6.55. The molecule has 0 unspecified atom stereocenters. The van der Waals surface area contributed by atoms with Gasteiger partial charge in [0, 0.05) is 38.4 Å². The van der Waals surface area contributed by atoms with Crippen LogP contribution in [0.15, 0.2) is 155 Å². The van der Waals surface area contributed by atoms with Crippen molar-refractivity contribution in [3.05, 3.63) is 115 Å². The van der Waals surface area contributed by atoms with Gasteiger partial charge in [0.2, 0.25) is 0 Å². The zero-order valence-corrected chi connectivity index (χ0v) is 32.4. The van der Waals surface area contributed by atoms with E-state index >= 15 is 0 Å². The number of ether oxygens (including phenoxy) is 1. The molecule has 7 rings (SSSR count). The lowest BCUT2D eigenvalue weighted by molar-refractivity contribution is 0.417. The van der Waals surface area contributed by atoms with Crippen molar-refractivity contribution < 1.29 is 43.6 Å². The van der Waals surface area contributed by atoms with E-state index in [1.54, 1.807) is 67.6 Å². The number of nitrogen functional groups attached to an aromatic ring is 1. The van der Waals surface area contributed by atoms with E-state index in [9.17, 15) is 38.9 Å². The third-order valence-electron chi connectivity index (χ3n) is 8.90. The van der Waals surface area contributed by atoms with Crippen LogP contribution in [-0.4, -0.2) is 46.0 Å². The maximum Gasteiger partial charge on any atom is 0.143 e. The molecule has 0 spiro atoms. The summed E-state index contributed by atoms with van der Waals surface area (Å²) in [6, 6.07) is 25.6. The van der Waals surface area contributed by atoms with Crippen molar-refractivity contribution in [2.45, 2.75) is 21.6 Å². The second-order valence-electron chi connectivity index (χ2n) is 12.6. The van der Waals surface area contributed by atoms with Crippen LogP contribution in [-0.2, 0) is 30.4 Å². The van der Waals surface area contributed by atoms with Crippen molar-refractivity contribution in [2.24, 2.45) is 30.7 Å². The second-order valence-corrected chi connectivity index (χ2v) is 16.7. The number of hydrogen-bond acceptors (Lipinski definition) is 17. The van der Waals surface area contributed by atoms with Crippen LogP contribution in [0.3, 0.4) is 0 Å². The highest BCUT2D eigenvalue weighted by atomic mass is 32.2. The molecule has 0 heterocycles. The summed E-state index contributed by atoms with van der Waals surface area (Å²) in [6.07, 6.45) is 0. The average molecular weight is 837 g/mol. The molecule has 20 heteroatoms. The molecular formula is C38H26N7O10S3-3. The molecule has 0 atom stereocenters. The van der Waals surface area contributed by atoms with Crippen LogP contribution in [0.25, 0.3) is 32.3 Å². The van der Waals surface area contributed by atoms with Gasteiger partial charge in [-0.15, -0.1) is 20.5 Å². The van der Waals surface area contributed by atoms with Gasteiger partial charge in [-0.3, -0.25) is 0 Å². The van der Waals surface area contributed by atoms with Crippen molar-refractivity contribution >= 4 is 102 Å². The van der Waals surface area contributed by atoms with E-state index in [1.807, 2.05) is 0 Å². The van der Waals surface area contributed by atoms with Crippen LogP contribution >= 0.6 is 0 Å². The summed E-state index contributed by atoms with van der Waals surface area (Å²) in [5.41, 5.74) is 8.48. The lowest BCUT2D eigenvalue weighted by atomic mass is 10.1. The topological polar surface area (TPSA) is 281 Å². The van der Waals surface area contributed by atoms with E-state index in [0.29, 0.717) is 50.2 Å². The molecular weight excluding hydrogens is 811 g/mol. The number of nitrogens with zero attached hydrogens (tertiary/aromatic N) is 6. The Morgan fingerprint density at radius 2 is 1.00 bits per heavy atom. The summed E-state index contributed by atoms with van der Waals surface area (Å²) in [6.45, 7) is 1.78. The number of hydrogen-bond donors (Lipinski definition) is 1. The SMILES string of the molecule is COc1cc(N=Nc2ccc(N=Nc3ccc(N=Nc4cc(S(=O)(=O)[O-])c5cccc(S(=O)(=O)[O-])c5c4)c4ccccc34)c3ccc(S(=O)(=O)[O-])cc23)c(C)cc1N. The highest BCUT2D eigenvalue weighted by molar-refractivity contribution is 7.86. The normalized spacial score (nSPS) is 12.8. The fraction of sp³-hybridized carbons (Fsp3) is 0.0526. The van der Waals surface area contributed by atoms with Crippen LogP contribution in [0, 0.1) is 6.92 Å². The van der Waals surface area contributed by atoms with Crippen LogP contribution in [0.2, 0.25) is 0 Å². The van der Waals surface area contributed by atoms with Gasteiger partial charge in [0.15, 0.2) is 0 Å². The number of fused-ring (bicyclic) bond motifs is 3. The minimum atomic E-state index is -5.14. The van der Waals surface area contributed by atoms with Gasteiger partial charge >= 0.3 is 0 Å². The van der Waals surface area contributed by atoms with Gasteiger partial charge in [-0.1, -0.05) is 42.5 Å². The monoisotopic (exact) mass is 836 g/mol. The van der Waals surface area contributed by atoms with E-state index in [2.05, 4.69) is 30.7 Å². The van der Waals surface area contributed by atoms with E-state index < -0.39 is 45.0 Å². The van der Waals surface area contributed by atoms with Gasteiger partial charge in [-0.2, -0.15) is 10.2 Å². The zero-order valence-electron chi connectivity index (χ0n) is 30.0. The molecule has 2 N–H and O–H groups in total. The first kappa shape index (κ1) is 39.7. The molecule has 0 saturated carbocycles. The molecule has 58 heavy (non-hydrogen) atoms. The number of azo groups is 3. The molecule has 294 valence electrons. The van der Waals surface area contributed by atoms with Crippen LogP contribution in [0.4, 0.5) is 39.8 Å². The molecule has 0 amide bonds. The molecule has 7 aromatic rings. The third-order valence-corrected chi connectivity index (χ3v) is 11.5. The number of nitrogens with two attached hydrogens (primary N) is 1. The summed E-state index contributed by atoms with van der Waals surface area (Å²) >= 11 is 0. The number of aryl methyl sites for hydroxylation is 1. The first-order valence-electron chi connectivity index (χ1n) is 16.6. The Labute approximate surface area is 330 Å². The molecule has 0 radical (unpaired) electrons. The Morgan fingerprint density at radius 1 is 0.483 bits per heavy atom. The summed E-state index contributed by atoms with van der Waals surface area (Å²) in [7, 11) is -13.6. The predicted octanol–water partition coefficient (Wildman–Crippen LogP) is 9.00. The summed E-state index contributed by atoms with van der Waals surface area (Å²) in [5, 5.41) is 27.1. The minimum Gasteiger partial charge on any atom is -0.744 e. The molecule has 0 aliphatic rings. The second kappa shape index (κ2) is 15.1. The maximum atomic E-state index is 12.1. The Kier molecular flexibility index (Phi) is 10.3. The van der Waals surface area contributed by atoms with E-state index in [4.69, 9.17) is 10.5 Å². The van der Waals surface area contributed by atoms with Crippen molar-refractivity contribution in [1.29, 1.82) is 0 Å². The first-order valence-corrected chi connectivity index (χ1v) is 20.9. The summed E-state index contributed by atoms with van der Waals surface area (Å²) in [4.78, 5) is -2.00. The van der Waals surface area contributed by atoms with E-state index in [1.165, 1.54) is 25.3 Å². The third kappa shape index (κ3) is 8.00. The number of anilines is 1. The molecule has 0 fully saturated rings. The number of benzene rings is 7. The smallest absolute Gasteiger partial charge is 0.143 e. The Balaban J connectivity index is 1.28. The highest BCUT2D eigenvalue weighted by Crippen LogP contribution is 2.40. The summed E-state index contributed by atoms with van der Waals surface area (Å²) < 4.78 is 114. The maximum absolute atomic E-state index is 12.1. The Bertz CT molecular complexity index is 3280. The van der Waals surface area contributed by atoms with E-state index in [-0.39, 0.29) is 33.2 Å². The first-order chi connectivity index (χ1) is 27.4. The summed E-state index contributed by atoms with van der Waals surface area (Å²) in [5.74, 6) is 0.385. The van der Waals surface area contributed by atoms with Gasteiger partial charge in [0.05, 0.1) is 61.6 Å². The highest BCUT2D eigenvalue weighted by Gasteiger charge is 2.16. The average Bonchev–Trinajstić information content (AvgIpc) is 3.17.